The fourth-order valence-corrected chi connectivity index (χ4v) is 2.35. The standard InChI is InChI=1S/C20H16N2O6/c1-26-20(25)13-6-2-3-7-14(13)21-17(23)12-27-19(24)11-10-18-22-15-8-4-5-9-16(15)28-18/h2-11H,12H2,1H3,(H,21,23)/b11-10+. The third-order valence-corrected chi connectivity index (χ3v) is 3.62. The molecule has 0 saturated carbocycles. The summed E-state index contributed by atoms with van der Waals surface area (Å²) in [7, 11) is 1.24. The molecule has 8 nitrogen and oxygen atoms in total. The van der Waals surface area contributed by atoms with Gasteiger partial charge in [0, 0.05) is 12.2 Å². The van der Waals surface area contributed by atoms with E-state index in [9.17, 15) is 14.4 Å². The zero-order valence-electron chi connectivity index (χ0n) is 14.9. The lowest BCUT2D eigenvalue weighted by molar-refractivity contribution is -0.142. The lowest BCUT2D eigenvalue weighted by atomic mass is 10.2. The molecule has 0 atom stereocenters. The highest BCUT2D eigenvalue weighted by atomic mass is 16.5. The number of benzene rings is 2. The van der Waals surface area contributed by atoms with Gasteiger partial charge in [-0.2, -0.15) is 0 Å². The summed E-state index contributed by atoms with van der Waals surface area (Å²) in [5.41, 5.74) is 1.72. The Labute approximate surface area is 159 Å². The van der Waals surface area contributed by atoms with Crippen LogP contribution >= 0.6 is 0 Å². The van der Waals surface area contributed by atoms with Gasteiger partial charge in [0.2, 0.25) is 5.89 Å². The van der Waals surface area contributed by atoms with Crippen LogP contribution < -0.4 is 5.32 Å². The number of nitrogens with one attached hydrogen (secondary N) is 1. The topological polar surface area (TPSA) is 108 Å². The summed E-state index contributed by atoms with van der Waals surface area (Å²) in [5, 5.41) is 2.50. The number of methoxy groups -OCH3 is 1. The highest BCUT2D eigenvalue weighted by Gasteiger charge is 2.14. The third kappa shape index (κ3) is 4.61. The van der Waals surface area contributed by atoms with E-state index in [4.69, 9.17) is 9.15 Å². The summed E-state index contributed by atoms with van der Waals surface area (Å²) >= 11 is 0. The van der Waals surface area contributed by atoms with Crippen molar-refractivity contribution in [2.24, 2.45) is 0 Å². The van der Waals surface area contributed by atoms with Crippen LogP contribution in [0.5, 0.6) is 0 Å². The Balaban J connectivity index is 1.54. The normalized spacial score (nSPS) is 10.8. The molecule has 8 heteroatoms. The van der Waals surface area contributed by atoms with Crippen LogP contribution in [0.2, 0.25) is 0 Å². The van der Waals surface area contributed by atoms with Crippen molar-refractivity contribution in [2.75, 3.05) is 19.0 Å². The molecule has 0 saturated heterocycles. The first-order valence-corrected chi connectivity index (χ1v) is 8.24. The van der Waals surface area contributed by atoms with Gasteiger partial charge in [-0.05, 0) is 24.3 Å². The van der Waals surface area contributed by atoms with Gasteiger partial charge in [-0.3, -0.25) is 4.79 Å². The lowest BCUT2D eigenvalue weighted by Gasteiger charge is -2.09. The van der Waals surface area contributed by atoms with Gasteiger partial charge in [-0.25, -0.2) is 14.6 Å². The fraction of sp³-hybridized carbons (Fsp3) is 0.100. The number of para-hydroxylation sites is 3. The number of carbonyl (C=O) groups is 3. The second-order valence-corrected chi connectivity index (χ2v) is 5.55. The number of amides is 1. The Morgan fingerprint density at radius 3 is 2.64 bits per heavy atom. The maximum absolute atomic E-state index is 12.0. The Morgan fingerprint density at radius 1 is 1.11 bits per heavy atom. The molecule has 1 aromatic heterocycles. The number of hydrogen-bond acceptors (Lipinski definition) is 7. The minimum Gasteiger partial charge on any atom is -0.465 e. The Morgan fingerprint density at radius 2 is 1.86 bits per heavy atom. The minimum absolute atomic E-state index is 0.195. The molecule has 0 spiro atoms. The molecule has 1 amide bonds. The number of fused-ring (bicyclic) bond motifs is 1. The van der Waals surface area contributed by atoms with Gasteiger partial charge >= 0.3 is 11.9 Å². The average Bonchev–Trinajstić information content (AvgIpc) is 3.13. The Hall–Kier alpha value is -3.94. The van der Waals surface area contributed by atoms with E-state index in [-0.39, 0.29) is 17.1 Å². The van der Waals surface area contributed by atoms with E-state index in [2.05, 4.69) is 15.0 Å². The van der Waals surface area contributed by atoms with Gasteiger partial charge in [0.25, 0.3) is 5.91 Å². The SMILES string of the molecule is COC(=O)c1ccccc1NC(=O)COC(=O)/C=C/c1nc2ccccc2o1. The van der Waals surface area contributed by atoms with Crippen molar-refractivity contribution >= 4 is 40.7 Å². The zero-order valence-corrected chi connectivity index (χ0v) is 14.9. The summed E-state index contributed by atoms with van der Waals surface area (Å²) in [6.45, 7) is -0.522. The van der Waals surface area contributed by atoms with Crippen LogP contribution in [0.4, 0.5) is 5.69 Å². The molecule has 0 fully saturated rings. The molecule has 3 aromatic rings. The maximum Gasteiger partial charge on any atom is 0.339 e. The number of nitrogens with zero attached hydrogens (tertiary/aromatic N) is 1. The first-order chi connectivity index (χ1) is 13.6. The predicted molar refractivity (Wildman–Crippen MR) is 100 cm³/mol. The van der Waals surface area contributed by atoms with Crippen molar-refractivity contribution in [3.05, 3.63) is 66.1 Å². The Bertz CT molecular complexity index is 1020. The van der Waals surface area contributed by atoms with Crippen molar-refractivity contribution in [3.8, 4) is 0 Å². The molecular formula is C20H16N2O6. The number of hydrogen-bond donors (Lipinski definition) is 1. The highest BCUT2D eigenvalue weighted by Crippen LogP contribution is 2.16. The maximum atomic E-state index is 12.0. The van der Waals surface area contributed by atoms with Crippen molar-refractivity contribution in [3.63, 3.8) is 0 Å². The second-order valence-electron chi connectivity index (χ2n) is 5.55. The van der Waals surface area contributed by atoms with Gasteiger partial charge in [0.05, 0.1) is 18.4 Å². The number of oxazole rings is 1. The van der Waals surface area contributed by atoms with Crippen LogP contribution in [0.1, 0.15) is 16.2 Å². The smallest absolute Gasteiger partial charge is 0.339 e. The van der Waals surface area contributed by atoms with E-state index < -0.39 is 24.5 Å². The summed E-state index contributed by atoms with van der Waals surface area (Å²) in [6.07, 6.45) is 2.47. The van der Waals surface area contributed by atoms with Crippen LogP contribution in [-0.4, -0.2) is 36.5 Å². The van der Waals surface area contributed by atoms with Gasteiger partial charge in [0.1, 0.15) is 5.52 Å². The quantitative estimate of drug-likeness (QED) is 0.517. The molecule has 0 bridgehead atoms. The average molecular weight is 380 g/mol. The number of rotatable bonds is 6. The van der Waals surface area contributed by atoms with E-state index in [1.807, 2.05) is 12.1 Å². The van der Waals surface area contributed by atoms with E-state index in [1.165, 1.54) is 19.3 Å². The summed E-state index contributed by atoms with van der Waals surface area (Å²) in [6, 6.07) is 13.5. The van der Waals surface area contributed by atoms with Gasteiger partial charge in [0.15, 0.2) is 12.2 Å². The van der Waals surface area contributed by atoms with Crippen molar-refractivity contribution in [1.29, 1.82) is 0 Å². The van der Waals surface area contributed by atoms with Crippen molar-refractivity contribution in [1.82, 2.24) is 4.98 Å². The van der Waals surface area contributed by atoms with Crippen molar-refractivity contribution in [2.45, 2.75) is 0 Å². The van der Waals surface area contributed by atoms with Gasteiger partial charge in [-0.1, -0.05) is 24.3 Å². The van der Waals surface area contributed by atoms with Crippen LogP contribution in [0.15, 0.2) is 59.0 Å². The molecular weight excluding hydrogens is 364 g/mol. The fourth-order valence-electron chi connectivity index (χ4n) is 2.35. The molecule has 0 aliphatic rings. The van der Waals surface area contributed by atoms with Crippen molar-refractivity contribution < 1.29 is 28.3 Å². The van der Waals surface area contributed by atoms with Crippen LogP contribution in [0.3, 0.4) is 0 Å². The summed E-state index contributed by atoms with van der Waals surface area (Å²) in [5.74, 6) is -1.68. The number of esters is 2. The van der Waals surface area contributed by atoms with E-state index in [0.29, 0.717) is 11.1 Å². The molecule has 28 heavy (non-hydrogen) atoms. The molecule has 3 rings (SSSR count). The van der Waals surface area contributed by atoms with Crippen LogP contribution in [0.25, 0.3) is 17.2 Å². The number of carbonyl (C=O) groups excluding carboxylic acids is 3. The zero-order chi connectivity index (χ0) is 19.9. The molecule has 0 radical (unpaired) electrons. The van der Waals surface area contributed by atoms with Gasteiger partial charge < -0.3 is 19.2 Å². The molecule has 0 aliphatic heterocycles. The monoisotopic (exact) mass is 380 g/mol. The summed E-state index contributed by atoms with van der Waals surface area (Å²) in [4.78, 5) is 39.6. The molecule has 2 aromatic carbocycles. The van der Waals surface area contributed by atoms with E-state index in [1.54, 1.807) is 30.3 Å². The Kier molecular flexibility index (Phi) is 5.81. The molecule has 0 unspecified atom stereocenters. The first-order valence-electron chi connectivity index (χ1n) is 8.24. The molecule has 142 valence electrons. The third-order valence-electron chi connectivity index (χ3n) is 3.62. The predicted octanol–water partition coefficient (Wildman–Crippen LogP) is 2.81. The number of anilines is 1. The molecule has 1 heterocycles. The van der Waals surface area contributed by atoms with E-state index >= 15 is 0 Å². The minimum atomic E-state index is -0.737. The number of ether oxygens (including phenoxy) is 2. The number of aromatic nitrogens is 1. The van der Waals surface area contributed by atoms with Gasteiger partial charge in [-0.15, -0.1) is 0 Å². The van der Waals surface area contributed by atoms with Crippen LogP contribution in [0, 0.1) is 0 Å². The summed E-state index contributed by atoms with van der Waals surface area (Å²) < 4.78 is 15.0. The largest absolute Gasteiger partial charge is 0.465 e. The van der Waals surface area contributed by atoms with E-state index in [0.717, 1.165) is 6.08 Å². The first kappa shape index (κ1) is 18.8. The molecule has 0 aliphatic carbocycles. The second kappa shape index (κ2) is 8.63. The molecule has 1 N–H and O–H groups in total. The lowest BCUT2D eigenvalue weighted by Crippen LogP contribution is -2.21. The van der Waals surface area contributed by atoms with Crippen LogP contribution in [-0.2, 0) is 19.1 Å². The highest BCUT2D eigenvalue weighted by molar-refractivity contribution is 6.02.